The van der Waals surface area contributed by atoms with E-state index in [1.165, 1.54) is 22.3 Å². The Hall–Kier alpha value is -1.54. The highest BCUT2D eigenvalue weighted by atomic mass is 16.3. The summed E-state index contributed by atoms with van der Waals surface area (Å²) >= 11 is 0. The van der Waals surface area contributed by atoms with Crippen molar-refractivity contribution in [2.45, 2.75) is 40.2 Å². The highest BCUT2D eigenvalue weighted by molar-refractivity contribution is 5.39. The lowest BCUT2D eigenvalue weighted by Gasteiger charge is -2.21. The molecule has 2 nitrogen and oxygen atoms in total. The largest absolute Gasteiger partial charge is 0.469 e. The molecule has 1 N–H and O–H groups in total. The summed E-state index contributed by atoms with van der Waals surface area (Å²) in [5.74, 6) is 0.995. The molecule has 0 fully saturated rings. The van der Waals surface area contributed by atoms with Gasteiger partial charge >= 0.3 is 0 Å². The molecule has 0 amide bonds. The second-order valence-electron chi connectivity index (χ2n) is 5.18. The van der Waals surface area contributed by atoms with Gasteiger partial charge in [0.05, 0.1) is 12.3 Å². The van der Waals surface area contributed by atoms with E-state index in [4.69, 9.17) is 4.42 Å². The van der Waals surface area contributed by atoms with Gasteiger partial charge in [-0.05, 0) is 50.9 Å². The monoisotopic (exact) mass is 257 g/mol. The topological polar surface area (TPSA) is 25.2 Å². The third-order valence-electron chi connectivity index (χ3n) is 3.55. The molecule has 19 heavy (non-hydrogen) atoms. The van der Waals surface area contributed by atoms with E-state index in [1.807, 2.05) is 6.92 Å². The number of benzene rings is 1. The van der Waals surface area contributed by atoms with E-state index in [2.05, 4.69) is 50.4 Å². The third-order valence-corrected chi connectivity index (χ3v) is 3.55. The Morgan fingerprint density at radius 1 is 1.11 bits per heavy atom. The Morgan fingerprint density at radius 2 is 1.89 bits per heavy atom. The first-order chi connectivity index (χ1) is 9.13. The Kier molecular flexibility index (Phi) is 4.43. The number of nitrogens with one attached hydrogen (secondary N) is 1. The van der Waals surface area contributed by atoms with Gasteiger partial charge in [0.1, 0.15) is 5.76 Å². The maximum absolute atomic E-state index is 5.48. The summed E-state index contributed by atoms with van der Waals surface area (Å²) in [6, 6.07) is 8.93. The van der Waals surface area contributed by atoms with E-state index in [0.717, 1.165) is 18.7 Å². The molecule has 2 aromatic rings. The van der Waals surface area contributed by atoms with Gasteiger partial charge in [-0.3, -0.25) is 0 Å². The molecule has 102 valence electrons. The van der Waals surface area contributed by atoms with Crippen molar-refractivity contribution in [1.29, 1.82) is 0 Å². The molecule has 0 spiro atoms. The Balaban J connectivity index is 2.42. The van der Waals surface area contributed by atoms with Crippen molar-refractivity contribution in [1.82, 2.24) is 5.32 Å². The van der Waals surface area contributed by atoms with Gasteiger partial charge in [-0.25, -0.2) is 0 Å². The lowest BCUT2D eigenvalue weighted by molar-refractivity contribution is 0.517. The van der Waals surface area contributed by atoms with E-state index in [9.17, 15) is 0 Å². The zero-order valence-electron chi connectivity index (χ0n) is 12.3. The van der Waals surface area contributed by atoms with Crippen LogP contribution in [0.25, 0.3) is 0 Å². The Morgan fingerprint density at radius 3 is 2.53 bits per heavy atom. The maximum Gasteiger partial charge on any atom is 0.105 e. The molecule has 1 aromatic carbocycles. The van der Waals surface area contributed by atoms with Crippen LogP contribution in [0.2, 0.25) is 0 Å². The lowest BCUT2D eigenvalue weighted by atomic mass is 9.93. The van der Waals surface area contributed by atoms with Crippen molar-refractivity contribution in [3.8, 4) is 0 Å². The minimum atomic E-state index is 0.221. The fraction of sp³-hybridized carbons (Fsp3) is 0.412. The maximum atomic E-state index is 5.48. The fourth-order valence-electron chi connectivity index (χ4n) is 2.44. The smallest absolute Gasteiger partial charge is 0.105 e. The molecule has 2 rings (SSSR count). The second-order valence-corrected chi connectivity index (χ2v) is 5.18. The summed E-state index contributed by atoms with van der Waals surface area (Å²) in [4.78, 5) is 0. The van der Waals surface area contributed by atoms with Crippen LogP contribution in [0.1, 0.15) is 47.4 Å². The zero-order valence-corrected chi connectivity index (χ0v) is 12.3. The standard InChI is InChI=1S/C17H23NO/c1-5-9-18-17(15-8-10-19-14(15)4)16-11-12(2)6-7-13(16)3/h6-8,10-11,17-18H,5,9H2,1-4H3. The van der Waals surface area contributed by atoms with E-state index in [1.54, 1.807) is 6.26 Å². The number of hydrogen-bond donors (Lipinski definition) is 1. The summed E-state index contributed by atoms with van der Waals surface area (Å²) < 4.78 is 5.48. The molecule has 0 saturated heterocycles. The minimum absolute atomic E-state index is 0.221. The average molecular weight is 257 g/mol. The summed E-state index contributed by atoms with van der Waals surface area (Å²) in [6.45, 7) is 9.53. The molecule has 1 atom stereocenters. The molecule has 2 heteroatoms. The van der Waals surface area contributed by atoms with Crippen molar-refractivity contribution < 1.29 is 4.42 Å². The first-order valence-electron chi connectivity index (χ1n) is 6.98. The number of furan rings is 1. The molecule has 0 bridgehead atoms. The first-order valence-corrected chi connectivity index (χ1v) is 6.98. The van der Waals surface area contributed by atoms with Gasteiger partial charge in [0.15, 0.2) is 0 Å². The number of hydrogen-bond acceptors (Lipinski definition) is 2. The van der Waals surface area contributed by atoms with Crippen LogP contribution in [0.15, 0.2) is 34.9 Å². The van der Waals surface area contributed by atoms with Crippen LogP contribution in [0.5, 0.6) is 0 Å². The quantitative estimate of drug-likeness (QED) is 0.864. The van der Waals surface area contributed by atoms with Crippen molar-refractivity contribution >= 4 is 0 Å². The Labute approximate surface area is 115 Å². The van der Waals surface area contributed by atoms with Crippen LogP contribution < -0.4 is 5.32 Å². The van der Waals surface area contributed by atoms with E-state index >= 15 is 0 Å². The molecule has 1 heterocycles. The van der Waals surface area contributed by atoms with Gasteiger partial charge in [-0.2, -0.15) is 0 Å². The van der Waals surface area contributed by atoms with Crippen LogP contribution >= 0.6 is 0 Å². The predicted molar refractivity (Wildman–Crippen MR) is 79.5 cm³/mol. The molecule has 1 aromatic heterocycles. The normalized spacial score (nSPS) is 12.6. The molecular formula is C17H23NO. The molecular weight excluding hydrogens is 234 g/mol. The van der Waals surface area contributed by atoms with E-state index in [-0.39, 0.29) is 6.04 Å². The molecule has 0 saturated carbocycles. The lowest BCUT2D eigenvalue weighted by Crippen LogP contribution is -2.24. The average Bonchev–Trinajstić information content (AvgIpc) is 2.80. The molecule has 0 aliphatic carbocycles. The van der Waals surface area contributed by atoms with Crippen molar-refractivity contribution in [2.75, 3.05) is 6.54 Å². The summed E-state index contributed by atoms with van der Waals surface area (Å²) in [7, 11) is 0. The van der Waals surface area contributed by atoms with Crippen molar-refractivity contribution in [3.05, 3.63) is 58.5 Å². The predicted octanol–water partition coefficient (Wildman–Crippen LogP) is 4.29. The van der Waals surface area contributed by atoms with E-state index < -0.39 is 0 Å². The first kappa shape index (κ1) is 13.9. The van der Waals surface area contributed by atoms with Crippen molar-refractivity contribution in [3.63, 3.8) is 0 Å². The molecule has 0 aliphatic heterocycles. The van der Waals surface area contributed by atoms with Gasteiger partial charge in [-0.1, -0.05) is 30.7 Å². The van der Waals surface area contributed by atoms with Gasteiger partial charge in [0.2, 0.25) is 0 Å². The number of rotatable bonds is 5. The second kappa shape index (κ2) is 6.07. The van der Waals surface area contributed by atoms with Crippen LogP contribution in [-0.4, -0.2) is 6.54 Å². The van der Waals surface area contributed by atoms with Crippen LogP contribution in [-0.2, 0) is 0 Å². The van der Waals surface area contributed by atoms with Crippen molar-refractivity contribution in [2.24, 2.45) is 0 Å². The molecule has 0 radical (unpaired) electrons. The zero-order chi connectivity index (χ0) is 13.8. The molecule has 1 unspecified atom stereocenters. The summed E-state index contributed by atoms with van der Waals surface area (Å²) in [5.41, 5.74) is 5.20. The summed E-state index contributed by atoms with van der Waals surface area (Å²) in [5, 5.41) is 3.64. The highest BCUT2D eigenvalue weighted by Crippen LogP contribution is 2.28. The fourth-order valence-corrected chi connectivity index (χ4v) is 2.44. The van der Waals surface area contributed by atoms with Gasteiger partial charge < -0.3 is 9.73 Å². The third kappa shape index (κ3) is 3.07. The van der Waals surface area contributed by atoms with Gasteiger partial charge in [-0.15, -0.1) is 0 Å². The molecule has 0 aliphatic rings. The number of aryl methyl sites for hydroxylation is 3. The van der Waals surface area contributed by atoms with E-state index in [0.29, 0.717) is 0 Å². The van der Waals surface area contributed by atoms with Crippen LogP contribution in [0.3, 0.4) is 0 Å². The Bertz CT molecular complexity index is 542. The van der Waals surface area contributed by atoms with Gasteiger partial charge in [0.25, 0.3) is 0 Å². The summed E-state index contributed by atoms with van der Waals surface area (Å²) in [6.07, 6.45) is 2.90. The van der Waals surface area contributed by atoms with Crippen LogP contribution in [0, 0.1) is 20.8 Å². The van der Waals surface area contributed by atoms with Crippen LogP contribution in [0.4, 0.5) is 0 Å². The van der Waals surface area contributed by atoms with Gasteiger partial charge in [0, 0.05) is 5.56 Å². The SMILES string of the molecule is CCCNC(c1cc(C)ccc1C)c1ccoc1C. The highest BCUT2D eigenvalue weighted by Gasteiger charge is 2.19. The minimum Gasteiger partial charge on any atom is -0.469 e.